The molecule has 0 radical (unpaired) electrons. The van der Waals surface area contributed by atoms with Gasteiger partial charge in [-0.15, -0.1) is 0 Å². The lowest BCUT2D eigenvalue weighted by Crippen LogP contribution is -2.41. The maximum Gasteiger partial charge on any atom is 0.326 e. The van der Waals surface area contributed by atoms with Gasteiger partial charge in [-0.2, -0.15) is 0 Å². The van der Waals surface area contributed by atoms with Crippen LogP contribution in [0.2, 0.25) is 0 Å². The Balaban J connectivity index is 2.65. The Morgan fingerprint density at radius 1 is 1.59 bits per heavy atom. The Bertz CT molecular complexity index is 400. The zero-order valence-corrected chi connectivity index (χ0v) is 10.0. The van der Waals surface area contributed by atoms with Gasteiger partial charge < -0.3 is 15.0 Å². The molecule has 1 aromatic rings. The van der Waals surface area contributed by atoms with Gasteiger partial charge in [0.25, 0.3) is 0 Å². The summed E-state index contributed by atoms with van der Waals surface area (Å²) in [4.78, 5) is 25.9. The number of hydrogen-bond acceptors (Lipinski definition) is 3. The monoisotopic (exact) mass is 239 g/mol. The second-order valence-electron chi connectivity index (χ2n) is 3.90. The van der Waals surface area contributed by atoms with Crippen LogP contribution in [0.15, 0.2) is 12.5 Å². The molecule has 6 nitrogen and oxygen atoms in total. The van der Waals surface area contributed by atoms with Gasteiger partial charge in [-0.05, 0) is 6.42 Å². The molecule has 0 unspecified atom stereocenters. The summed E-state index contributed by atoms with van der Waals surface area (Å²) in [5.41, 5.74) is 0.666. The van der Waals surface area contributed by atoms with Crippen LogP contribution in [-0.2, 0) is 22.6 Å². The lowest BCUT2D eigenvalue weighted by Gasteiger charge is -2.11. The molecule has 1 rings (SSSR count). The van der Waals surface area contributed by atoms with E-state index in [4.69, 9.17) is 5.11 Å². The van der Waals surface area contributed by atoms with Gasteiger partial charge in [-0.1, -0.05) is 6.92 Å². The molecular weight excluding hydrogens is 222 g/mol. The van der Waals surface area contributed by atoms with Crippen LogP contribution >= 0.6 is 0 Å². The van der Waals surface area contributed by atoms with E-state index in [1.807, 2.05) is 4.57 Å². The Morgan fingerprint density at radius 3 is 2.82 bits per heavy atom. The van der Waals surface area contributed by atoms with Crippen LogP contribution in [0.5, 0.6) is 0 Å². The highest BCUT2D eigenvalue weighted by Gasteiger charge is 2.19. The molecule has 1 heterocycles. The van der Waals surface area contributed by atoms with Crippen molar-refractivity contribution < 1.29 is 14.7 Å². The Morgan fingerprint density at radius 2 is 2.29 bits per heavy atom. The number of carboxylic acid groups (broad SMARTS) is 1. The molecule has 0 aliphatic carbocycles. The van der Waals surface area contributed by atoms with E-state index in [2.05, 4.69) is 17.2 Å². The third-order valence-electron chi connectivity index (χ3n) is 2.26. The first-order valence-corrected chi connectivity index (χ1v) is 5.53. The molecule has 17 heavy (non-hydrogen) atoms. The number of amides is 1. The van der Waals surface area contributed by atoms with E-state index in [9.17, 15) is 9.59 Å². The number of nitrogens with zero attached hydrogens (tertiary/aromatic N) is 2. The normalized spacial score (nSPS) is 12.1. The number of aromatic nitrogens is 2. The fraction of sp³-hybridized carbons (Fsp3) is 0.545. The van der Waals surface area contributed by atoms with Crippen LogP contribution in [0.4, 0.5) is 0 Å². The molecule has 1 atom stereocenters. The maximum atomic E-state index is 10.9. The molecule has 0 saturated heterocycles. The minimum Gasteiger partial charge on any atom is -0.480 e. The number of hydrogen-bond donors (Lipinski definition) is 2. The molecule has 0 fully saturated rings. The first-order chi connectivity index (χ1) is 8.02. The number of imidazole rings is 1. The molecule has 0 bridgehead atoms. The number of aliphatic carboxylic acids is 1. The molecule has 6 heteroatoms. The third kappa shape index (κ3) is 4.26. The van der Waals surface area contributed by atoms with Crippen LogP contribution in [-0.4, -0.2) is 32.6 Å². The van der Waals surface area contributed by atoms with Gasteiger partial charge in [-0.25, -0.2) is 9.78 Å². The summed E-state index contributed by atoms with van der Waals surface area (Å²) in [5, 5.41) is 11.3. The molecule has 1 amide bonds. The highest BCUT2D eigenvalue weighted by atomic mass is 16.4. The van der Waals surface area contributed by atoms with Crippen molar-refractivity contribution in [2.24, 2.45) is 0 Å². The Labute approximate surface area is 99.7 Å². The number of aryl methyl sites for hydroxylation is 1. The van der Waals surface area contributed by atoms with Crippen molar-refractivity contribution in [1.29, 1.82) is 0 Å². The zero-order valence-electron chi connectivity index (χ0n) is 10.0. The molecular formula is C11H17N3O3. The van der Waals surface area contributed by atoms with Gasteiger partial charge in [0.15, 0.2) is 0 Å². The Hall–Kier alpha value is -1.85. The van der Waals surface area contributed by atoms with Crippen molar-refractivity contribution in [1.82, 2.24) is 14.9 Å². The van der Waals surface area contributed by atoms with Crippen molar-refractivity contribution in [3.63, 3.8) is 0 Å². The summed E-state index contributed by atoms with van der Waals surface area (Å²) in [5.74, 6) is -1.41. The van der Waals surface area contributed by atoms with E-state index in [-0.39, 0.29) is 12.3 Å². The molecule has 0 spiro atoms. The van der Waals surface area contributed by atoms with Gasteiger partial charge in [0.05, 0.1) is 12.0 Å². The number of nitrogens with one attached hydrogen (secondary N) is 1. The van der Waals surface area contributed by atoms with E-state index >= 15 is 0 Å². The van der Waals surface area contributed by atoms with E-state index in [0.717, 1.165) is 13.0 Å². The lowest BCUT2D eigenvalue weighted by atomic mass is 10.1. The molecule has 0 aliphatic rings. The fourth-order valence-electron chi connectivity index (χ4n) is 1.55. The van der Waals surface area contributed by atoms with Gasteiger partial charge in [-0.3, -0.25) is 4.79 Å². The third-order valence-corrected chi connectivity index (χ3v) is 2.26. The summed E-state index contributed by atoms with van der Waals surface area (Å²) in [6.45, 7) is 4.20. The number of carbonyl (C=O) groups is 2. The minimum atomic E-state index is -1.05. The standard InChI is InChI=1S/C11H17N3O3/c1-3-4-14-6-9(12-7-14)5-10(11(16)17)13-8(2)15/h6-7,10H,3-5H2,1-2H3,(H,13,15)(H,16,17)/t10-/m0/s1. The number of carboxylic acids is 1. The predicted molar refractivity (Wildman–Crippen MR) is 61.5 cm³/mol. The first-order valence-electron chi connectivity index (χ1n) is 5.53. The van der Waals surface area contributed by atoms with Crippen LogP contribution in [0.25, 0.3) is 0 Å². The molecule has 0 saturated carbocycles. The SMILES string of the molecule is CCCn1cnc(C[C@H](NC(C)=O)C(=O)O)c1. The van der Waals surface area contributed by atoms with Crippen LogP contribution in [0.3, 0.4) is 0 Å². The van der Waals surface area contributed by atoms with Crippen molar-refractivity contribution in [2.45, 2.75) is 39.3 Å². The van der Waals surface area contributed by atoms with Gasteiger partial charge in [0.2, 0.25) is 5.91 Å². The summed E-state index contributed by atoms with van der Waals surface area (Å²) in [6, 6.07) is -0.919. The molecule has 94 valence electrons. The molecule has 1 aromatic heterocycles. The average Bonchev–Trinajstić information content (AvgIpc) is 2.64. The van der Waals surface area contributed by atoms with Crippen LogP contribution < -0.4 is 5.32 Å². The molecule has 0 aromatic carbocycles. The van der Waals surface area contributed by atoms with E-state index in [0.29, 0.717) is 5.69 Å². The highest BCUT2D eigenvalue weighted by molar-refractivity contribution is 5.82. The minimum absolute atomic E-state index is 0.200. The second-order valence-corrected chi connectivity index (χ2v) is 3.90. The maximum absolute atomic E-state index is 10.9. The first kappa shape index (κ1) is 13.2. The van der Waals surface area contributed by atoms with Gasteiger partial charge in [0.1, 0.15) is 6.04 Å². The van der Waals surface area contributed by atoms with Crippen LogP contribution in [0, 0.1) is 0 Å². The number of carbonyl (C=O) groups excluding carboxylic acids is 1. The van der Waals surface area contributed by atoms with E-state index < -0.39 is 12.0 Å². The smallest absolute Gasteiger partial charge is 0.326 e. The molecule has 0 aliphatic heterocycles. The van der Waals surface area contributed by atoms with Gasteiger partial charge >= 0.3 is 5.97 Å². The van der Waals surface area contributed by atoms with Gasteiger partial charge in [0, 0.05) is 26.1 Å². The van der Waals surface area contributed by atoms with Crippen molar-refractivity contribution in [3.8, 4) is 0 Å². The zero-order chi connectivity index (χ0) is 12.8. The summed E-state index contributed by atoms with van der Waals surface area (Å²) >= 11 is 0. The van der Waals surface area contributed by atoms with Crippen molar-refractivity contribution in [3.05, 3.63) is 18.2 Å². The fourth-order valence-corrected chi connectivity index (χ4v) is 1.55. The van der Waals surface area contributed by atoms with E-state index in [1.54, 1.807) is 12.5 Å². The summed E-state index contributed by atoms with van der Waals surface area (Å²) in [6.07, 6.45) is 4.67. The van der Waals surface area contributed by atoms with Crippen molar-refractivity contribution in [2.75, 3.05) is 0 Å². The predicted octanol–water partition coefficient (Wildman–Crippen LogP) is 0.425. The molecule has 2 N–H and O–H groups in total. The second kappa shape index (κ2) is 6.03. The summed E-state index contributed by atoms with van der Waals surface area (Å²) in [7, 11) is 0. The summed E-state index contributed by atoms with van der Waals surface area (Å²) < 4.78 is 1.90. The highest BCUT2D eigenvalue weighted by Crippen LogP contribution is 2.02. The quantitative estimate of drug-likeness (QED) is 0.753. The Kier molecular flexibility index (Phi) is 4.68. The topological polar surface area (TPSA) is 84.2 Å². The van der Waals surface area contributed by atoms with Crippen LogP contribution in [0.1, 0.15) is 26.0 Å². The average molecular weight is 239 g/mol. The number of rotatable bonds is 6. The lowest BCUT2D eigenvalue weighted by molar-refractivity contribution is -0.141. The largest absolute Gasteiger partial charge is 0.480 e. The van der Waals surface area contributed by atoms with E-state index in [1.165, 1.54) is 6.92 Å². The van der Waals surface area contributed by atoms with Crippen molar-refractivity contribution >= 4 is 11.9 Å².